The molecule has 3 nitrogen and oxygen atoms in total. The number of nitrogens with two attached hydrogens (primary N) is 2. The van der Waals surface area contributed by atoms with Crippen molar-refractivity contribution in [2.75, 3.05) is 18.0 Å². The fourth-order valence-corrected chi connectivity index (χ4v) is 4.15. The Balaban J connectivity index is 1.92. The second kappa shape index (κ2) is 6.71. The SMILES string of the molecule is CC1(C)CCN(c2ccc(C3(N)CCC(N)CC3)cc2C(F)(F)F)CC1. The van der Waals surface area contributed by atoms with Crippen molar-refractivity contribution < 1.29 is 13.2 Å². The zero-order valence-corrected chi connectivity index (χ0v) is 15.7. The van der Waals surface area contributed by atoms with Gasteiger partial charge in [-0.25, -0.2) is 0 Å². The molecule has 4 N–H and O–H groups in total. The van der Waals surface area contributed by atoms with Crippen molar-refractivity contribution >= 4 is 5.69 Å². The molecular weight excluding hydrogens is 339 g/mol. The van der Waals surface area contributed by atoms with Crippen molar-refractivity contribution in [1.82, 2.24) is 0 Å². The predicted octanol–water partition coefficient (Wildman–Crippen LogP) is 4.39. The van der Waals surface area contributed by atoms with Gasteiger partial charge in [0.15, 0.2) is 0 Å². The van der Waals surface area contributed by atoms with Crippen LogP contribution in [-0.4, -0.2) is 19.1 Å². The van der Waals surface area contributed by atoms with Crippen molar-refractivity contribution in [2.45, 2.75) is 70.1 Å². The summed E-state index contributed by atoms with van der Waals surface area (Å²) < 4.78 is 41.4. The Morgan fingerprint density at radius 3 is 2.15 bits per heavy atom. The van der Waals surface area contributed by atoms with Gasteiger partial charge >= 0.3 is 6.18 Å². The summed E-state index contributed by atoms with van der Waals surface area (Å²) >= 11 is 0. The molecule has 1 aromatic carbocycles. The van der Waals surface area contributed by atoms with E-state index in [1.54, 1.807) is 12.1 Å². The molecule has 0 atom stereocenters. The number of nitrogens with zero attached hydrogens (tertiary/aromatic N) is 1. The van der Waals surface area contributed by atoms with Crippen molar-refractivity contribution in [3.8, 4) is 0 Å². The van der Waals surface area contributed by atoms with Crippen LogP contribution in [0.5, 0.6) is 0 Å². The van der Waals surface area contributed by atoms with E-state index in [0.717, 1.165) is 25.7 Å². The third-order valence-corrected chi connectivity index (χ3v) is 6.26. The molecule has 0 spiro atoms. The summed E-state index contributed by atoms with van der Waals surface area (Å²) in [5.74, 6) is 0. The highest BCUT2D eigenvalue weighted by Gasteiger charge is 2.39. The molecule has 0 unspecified atom stereocenters. The predicted molar refractivity (Wildman–Crippen MR) is 99.0 cm³/mol. The van der Waals surface area contributed by atoms with Crippen molar-refractivity contribution in [3.05, 3.63) is 29.3 Å². The number of piperidine rings is 1. The lowest BCUT2D eigenvalue weighted by molar-refractivity contribution is -0.137. The lowest BCUT2D eigenvalue weighted by atomic mass is 9.75. The van der Waals surface area contributed by atoms with Crippen molar-refractivity contribution in [2.24, 2.45) is 16.9 Å². The van der Waals surface area contributed by atoms with Gasteiger partial charge in [-0.05, 0) is 61.6 Å². The van der Waals surface area contributed by atoms with E-state index < -0.39 is 17.3 Å². The van der Waals surface area contributed by atoms with Gasteiger partial charge in [0.1, 0.15) is 0 Å². The van der Waals surface area contributed by atoms with Gasteiger partial charge in [-0.3, -0.25) is 0 Å². The molecule has 146 valence electrons. The highest BCUT2D eigenvalue weighted by molar-refractivity contribution is 5.57. The fourth-order valence-electron chi connectivity index (χ4n) is 4.15. The van der Waals surface area contributed by atoms with Crippen LogP contribution in [0, 0.1) is 5.41 Å². The molecule has 1 saturated carbocycles. The smallest absolute Gasteiger partial charge is 0.371 e. The molecule has 1 heterocycles. The highest BCUT2D eigenvalue weighted by atomic mass is 19.4. The van der Waals surface area contributed by atoms with Crippen LogP contribution in [-0.2, 0) is 11.7 Å². The number of halogens is 3. The number of hydrogen-bond donors (Lipinski definition) is 2. The van der Waals surface area contributed by atoms with Crippen LogP contribution < -0.4 is 16.4 Å². The number of alkyl halides is 3. The average molecular weight is 369 g/mol. The molecule has 1 aliphatic heterocycles. The molecule has 1 aromatic rings. The van der Waals surface area contributed by atoms with E-state index in [-0.39, 0.29) is 17.1 Å². The van der Waals surface area contributed by atoms with E-state index in [2.05, 4.69) is 13.8 Å². The third-order valence-electron chi connectivity index (χ3n) is 6.26. The fraction of sp³-hybridized carbons (Fsp3) is 0.700. The van der Waals surface area contributed by atoms with Gasteiger partial charge in [0, 0.05) is 30.4 Å². The van der Waals surface area contributed by atoms with Crippen molar-refractivity contribution in [1.29, 1.82) is 0 Å². The quantitative estimate of drug-likeness (QED) is 0.813. The molecule has 0 aromatic heterocycles. The summed E-state index contributed by atoms with van der Waals surface area (Å²) in [4.78, 5) is 1.87. The first-order chi connectivity index (χ1) is 12.0. The zero-order valence-electron chi connectivity index (χ0n) is 15.7. The van der Waals surface area contributed by atoms with E-state index in [4.69, 9.17) is 11.5 Å². The molecular formula is C20H30F3N3. The highest BCUT2D eigenvalue weighted by Crippen LogP contribution is 2.43. The van der Waals surface area contributed by atoms with Crippen LogP contribution in [0.25, 0.3) is 0 Å². The Hall–Kier alpha value is -1.27. The summed E-state index contributed by atoms with van der Waals surface area (Å²) in [6.45, 7) is 5.64. The number of rotatable bonds is 2. The Morgan fingerprint density at radius 2 is 1.62 bits per heavy atom. The van der Waals surface area contributed by atoms with Gasteiger partial charge < -0.3 is 16.4 Å². The van der Waals surface area contributed by atoms with Crippen LogP contribution in [0.15, 0.2) is 18.2 Å². The molecule has 6 heteroatoms. The van der Waals surface area contributed by atoms with E-state index >= 15 is 0 Å². The van der Waals surface area contributed by atoms with Gasteiger partial charge in [0.25, 0.3) is 0 Å². The van der Waals surface area contributed by atoms with Crippen LogP contribution in [0.2, 0.25) is 0 Å². The third kappa shape index (κ3) is 4.01. The van der Waals surface area contributed by atoms with Gasteiger partial charge in [0.2, 0.25) is 0 Å². The van der Waals surface area contributed by atoms with Gasteiger partial charge in [0.05, 0.1) is 5.56 Å². The second-order valence-corrected chi connectivity index (χ2v) is 8.87. The lowest BCUT2D eigenvalue weighted by Crippen LogP contribution is -2.44. The maximum absolute atomic E-state index is 13.8. The second-order valence-electron chi connectivity index (χ2n) is 8.87. The van der Waals surface area contributed by atoms with E-state index in [1.807, 2.05) is 4.90 Å². The van der Waals surface area contributed by atoms with Crippen LogP contribution in [0.4, 0.5) is 18.9 Å². The molecule has 1 aliphatic carbocycles. The van der Waals surface area contributed by atoms with Crippen molar-refractivity contribution in [3.63, 3.8) is 0 Å². The topological polar surface area (TPSA) is 55.3 Å². The summed E-state index contributed by atoms with van der Waals surface area (Å²) in [7, 11) is 0. The molecule has 2 fully saturated rings. The van der Waals surface area contributed by atoms with E-state index in [1.165, 1.54) is 6.07 Å². The van der Waals surface area contributed by atoms with Crippen LogP contribution in [0.1, 0.15) is 63.5 Å². The average Bonchev–Trinajstić information content (AvgIpc) is 2.56. The van der Waals surface area contributed by atoms with Crippen LogP contribution in [0.3, 0.4) is 0 Å². The minimum atomic E-state index is -4.39. The summed E-state index contributed by atoms with van der Waals surface area (Å²) in [6.07, 6.45) is 0.155. The maximum Gasteiger partial charge on any atom is 0.418 e. The molecule has 3 rings (SSSR count). The zero-order chi connectivity index (χ0) is 19.2. The largest absolute Gasteiger partial charge is 0.418 e. The first kappa shape index (κ1) is 19.5. The minimum absolute atomic E-state index is 0.102. The summed E-state index contributed by atoms with van der Waals surface area (Å²) in [6, 6.07) is 4.80. The molecule has 2 aliphatic rings. The Kier molecular flexibility index (Phi) is 5.03. The first-order valence-corrected chi connectivity index (χ1v) is 9.51. The van der Waals surface area contributed by atoms with Crippen LogP contribution >= 0.6 is 0 Å². The first-order valence-electron chi connectivity index (χ1n) is 9.51. The minimum Gasteiger partial charge on any atom is -0.371 e. The Bertz CT molecular complexity index is 636. The van der Waals surface area contributed by atoms with E-state index in [0.29, 0.717) is 31.5 Å². The molecule has 26 heavy (non-hydrogen) atoms. The Labute approximate surface area is 153 Å². The number of hydrogen-bond acceptors (Lipinski definition) is 3. The van der Waals surface area contributed by atoms with Gasteiger partial charge in [-0.1, -0.05) is 19.9 Å². The molecule has 1 saturated heterocycles. The molecule has 0 bridgehead atoms. The number of anilines is 1. The molecule has 0 radical (unpaired) electrons. The van der Waals surface area contributed by atoms with Gasteiger partial charge in [-0.2, -0.15) is 13.2 Å². The van der Waals surface area contributed by atoms with E-state index in [9.17, 15) is 13.2 Å². The summed E-state index contributed by atoms with van der Waals surface area (Å²) in [5, 5.41) is 0. The monoisotopic (exact) mass is 369 g/mol. The molecule has 0 amide bonds. The number of benzene rings is 1. The normalized spacial score (nSPS) is 29.7. The standard InChI is InChI=1S/C20H30F3N3/c1-18(2)9-11-26(12-10-18)17-4-3-14(13-16(17)20(21,22)23)19(25)7-5-15(24)6-8-19/h3-4,13,15H,5-12,24-25H2,1-2H3. The Morgan fingerprint density at radius 1 is 1.04 bits per heavy atom. The maximum atomic E-state index is 13.8. The van der Waals surface area contributed by atoms with Gasteiger partial charge in [-0.15, -0.1) is 0 Å². The lowest BCUT2D eigenvalue weighted by Gasteiger charge is -2.40. The summed E-state index contributed by atoms with van der Waals surface area (Å²) in [5.41, 5.74) is 12.2.